The predicted molar refractivity (Wildman–Crippen MR) is 62.2 cm³/mol. The van der Waals surface area contributed by atoms with Crippen molar-refractivity contribution in [3.8, 4) is 0 Å². The Balaban J connectivity index is 2.75. The van der Waals surface area contributed by atoms with Gasteiger partial charge in [-0.3, -0.25) is 0 Å². The lowest BCUT2D eigenvalue weighted by Gasteiger charge is -2.05. The molecule has 0 saturated heterocycles. The van der Waals surface area contributed by atoms with Crippen molar-refractivity contribution in [2.75, 3.05) is 11.5 Å². The van der Waals surface area contributed by atoms with Gasteiger partial charge in [0.2, 0.25) is 0 Å². The second-order valence-corrected chi connectivity index (χ2v) is 3.52. The van der Waals surface area contributed by atoms with Gasteiger partial charge in [0.1, 0.15) is 0 Å². The van der Waals surface area contributed by atoms with Crippen molar-refractivity contribution in [1.82, 2.24) is 0 Å². The summed E-state index contributed by atoms with van der Waals surface area (Å²) in [5.41, 5.74) is 14.4. The molecule has 0 bridgehead atoms. The summed E-state index contributed by atoms with van der Waals surface area (Å²) in [6, 6.07) is 10.1. The van der Waals surface area contributed by atoms with Gasteiger partial charge in [-0.05, 0) is 29.5 Å². The average Bonchev–Trinajstić information content (AvgIpc) is 2.16. The summed E-state index contributed by atoms with van der Waals surface area (Å²) in [5, 5.41) is 2.21. The van der Waals surface area contributed by atoms with Crippen LogP contribution in [-0.2, 0) is 6.42 Å². The molecule has 0 saturated carbocycles. The van der Waals surface area contributed by atoms with E-state index in [2.05, 4.69) is 25.1 Å². The summed E-state index contributed by atoms with van der Waals surface area (Å²) in [5.74, 6) is 0. The molecule has 0 unspecified atom stereocenters. The Kier molecular flexibility index (Phi) is 2.04. The third-order valence-electron chi connectivity index (χ3n) is 2.48. The van der Waals surface area contributed by atoms with E-state index in [0.29, 0.717) is 0 Å². The largest absolute Gasteiger partial charge is 0.399 e. The Morgan fingerprint density at radius 2 is 1.86 bits per heavy atom. The lowest BCUT2D eigenvalue weighted by atomic mass is 10.0. The molecule has 2 aromatic rings. The van der Waals surface area contributed by atoms with E-state index < -0.39 is 0 Å². The van der Waals surface area contributed by atoms with Crippen molar-refractivity contribution in [2.24, 2.45) is 0 Å². The molecule has 2 rings (SSSR count). The van der Waals surface area contributed by atoms with Crippen LogP contribution in [0, 0.1) is 0 Å². The highest BCUT2D eigenvalue weighted by molar-refractivity contribution is 5.95. The molecule has 2 aromatic carbocycles. The van der Waals surface area contributed by atoms with Crippen LogP contribution < -0.4 is 11.5 Å². The van der Waals surface area contributed by atoms with Crippen LogP contribution in [0.1, 0.15) is 12.5 Å². The first-order valence-corrected chi connectivity index (χ1v) is 4.78. The Hall–Kier alpha value is -1.70. The van der Waals surface area contributed by atoms with Crippen molar-refractivity contribution in [3.05, 3.63) is 35.9 Å². The average molecular weight is 186 g/mol. The molecule has 0 radical (unpaired) electrons. The number of nitrogen functional groups attached to an aromatic ring is 2. The minimum Gasteiger partial charge on any atom is -0.399 e. The van der Waals surface area contributed by atoms with Crippen molar-refractivity contribution in [1.29, 1.82) is 0 Å². The molecular formula is C12H14N2. The van der Waals surface area contributed by atoms with Gasteiger partial charge in [0.15, 0.2) is 0 Å². The molecule has 0 aliphatic heterocycles. The van der Waals surface area contributed by atoms with Crippen molar-refractivity contribution < 1.29 is 0 Å². The van der Waals surface area contributed by atoms with Crippen LogP contribution in [0.3, 0.4) is 0 Å². The number of benzene rings is 2. The minimum absolute atomic E-state index is 0.725. The molecule has 0 aliphatic carbocycles. The Bertz CT molecular complexity index is 475. The van der Waals surface area contributed by atoms with Gasteiger partial charge in [-0.15, -0.1) is 0 Å². The van der Waals surface area contributed by atoms with E-state index in [-0.39, 0.29) is 0 Å². The zero-order valence-electron chi connectivity index (χ0n) is 8.25. The van der Waals surface area contributed by atoms with Gasteiger partial charge in [-0.2, -0.15) is 0 Å². The summed E-state index contributed by atoms with van der Waals surface area (Å²) < 4.78 is 0. The maximum Gasteiger partial charge on any atom is 0.0414 e. The predicted octanol–water partition coefficient (Wildman–Crippen LogP) is 2.57. The molecule has 0 atom stereocenters. The number of nitrogens with two attached hydrogens (primary N) is 2. The van der Waals surface area contributed by atoms with Crippen molar-refractivity contribution in [3.63, 3.8) is 0 Å². The fourth-order valence-corrected chi connectivity index (χ4v) is 1.69. The van der Waals surface area contributed by atoms with Crippen LogP contribution in [0.15, 0.2) is 30.3 Å². The summed E-state index contributed by atoms with van der Waals surface area (Å²) in [4.78, 5) is 0. The highest BCUT2D eigenvalue weighted by Crippen LogP contribution is 2.25. The molecule has 0 amide bonds. The Morgan fingerprint density at radius 1 is 1.07 bits per heavy atom. The molecule has 0 aromatic heterocycles. The summed E-state index contributed by atoms with van der Waals surface area (Å²) in [6.07, 6.45) is 1.03. The first kappa shape index (κ1) is 8.88. The second kappa shape index (κ2) is 3.22. The highest BCUT2D eigenvalue weighted by Gasteiger charge is 2.00. The number of fused-ring (bicyclic) bond motifs is 1. The van der Waals surface area contributed by atoms with E-state index >= 15 is 0 Å². The first-order chi connectivity index (χ1) is 6.70. The monoisotopic (exact) mass is 186 g/mol. The molecule has 0 spiro atoms. The zero-order chi connectivity index (χ0) is 10.1. The lowest BCUT2D eigenvalue weighted by molar-refractivity contribution is 1.15. The molecule has 0 fully saturated rings. The third kappa shape index (κ3) is 1.39. The fourth-order valence-electron chi connectivity index (χ4n) is 1.69. The first-order valence-electron chi connectivity index (χ1n) is 4.78. The second-order valence-electron chi connectivity index (χ2n) is 3.52. The zero-order valence-corrected chi connectivity index (χ0v) is 8.25. The molecular weight excluding hydrogens is 172 g/mol. The van der Waals surface area contributed by atoms with Crippen LogP contribution in [0.2, 0.25) is 0 Å². The molecule has 4 N–H and O–H groups in total. The van der Waals surface area contributed by atoms with Gasteiger partial charge in [-0.25, -0.2) is 0 Å². The lowest BCUT2D eigenvalue weighted by Crippen LogP contribution is -1.92. The Labute approximate surface area is 83.5 Å². The summed E-state index contributed by atoms with van der Waals surface area (Å²) in [6.45, 7) is 2.14. The van der Waals surface area contributed by atoms with E-state index in [1.807, 2.05) is 6.07 Å². The number of rotatable bonds is 1. The fraction of sp³-hybridized carbons (Fsp3) is 0.167. The van der Waals surface area contributed by atoms with Gasteiger partial charge in [0.05, 0.1) is 0 Å². The van der Waals surface area contributed by atoms with Crippen LogP contribution in [0.25, 0.3) is 10.8 Å². The van der Waals surface area contributed by atoms with Crippen LogP contribution in [-0.4, -0.2) is 0 Å². The topological polar surface area (TPSA) is 52.0 Å². The maximum absolute atomic E-state index is 5.87. The third-order valence-corrected chi connectivity index (χ3v) is 2.48. The van der Waals surface area contributed by atoms with Gasteiger partial charge >= 0.3 is 0 Å². The van der Waals surface area contributed by atoms with Crippen molar-refractivity contribution >= 4 is 22.1 Å². The van der Waals surface area contributed by atoms with Crippen molar-refractivity contribution in [2.45, 2.75) is 13.3 Å². The molecule has 72 valence electrons. The molecule has 2 heteroatoms. The Morgan fingerprint density at radius 3 is 2.57 bits per heavy atom. The number of hydrogen-bond donors (Lipinski definition) is 2. The van der Waals surface area contributed by atoms with E-state index in [1.54, 1.807) is 6.07 Å². The van der Waals surface area contributed by atoms with Crippen LogP contribution >= 0.6 is 0 Å². The van der Waals surface area contributed by atoms with E-state index in [0.717, 1.165) is 28.6 Å². The number of aryl methyl sites for hydroxylation is 1. The smallest absolute Gasteiger partial charge is 0.0414 e. The van der Waals surface area contributed by atoms with Gasteiger partial charge in [0.25, 0.3) is 0 Å². The van der Waals surface area contributed by atoms with Crippen LogP contribution in [0.5, 0.6) is 0 Å². The van der Waals surface area contributed by atoms with E-state index in [4.69, 9.17) is 11.5 Å². The molecule has 2 nitrogen and oxygen atoms in total. The van der Waals surface area contributed by atoms with Gasteiger partial charge < -0.3 is 11.5 Å². The summed E-state index contributed by atoms with van der Waals surface area (Å²) >= 11 is 0. The van der Waals surface area contributed by atoms with Gasteiger partial charge in [-0.1, -0.05) is 25.1 Å². The minimum atomic E-state index is 0.725. The van der Waals surface area contributed by atoms with Gasteiger partial charge in [0, 0.05) is 16.8 Å². The van der Waals surface area contributed by atoms with Crippen LogP contribution in [0.4, 0.5) is 11.4 Å². The van der Waals surface area contributed by atoms with E-state index in [1.165, 1.54) is 5.56 Å². The SMILES string of the molecule is CCc1ccc2c(N)cc(N)cc2c1. The maximum atomic E-state index is 5.87. The highest BCUT2D eigenvalue weighted by atomic mass is 14.6. The molecule has 0 aliphatic rings. The molecule has 14 heavy (non-hydrogen) atoms. The standard InChI is InChI=1S/C12H14N2/c1-2-8-3-4-11-9(5-8)6-10(13)7-12(11)14/h3-7H,2,13-14H2,1H3. The summed E-state index contributed by atoms with van der Waals surface area (Å²) in [7, 11) is 0. The quantitative estimate of drug-likeness (QED) is 0.672. The van der Waals surface area contributed by atoms with E-state index in [9.17, 15) is 0 Å². The normalized spacial score (nSPS) is 10.6. The number of hydrogen-bond acceptors (Lipinski definition) is 2. The number of anilines is 2. The molecule has 0 heterocycles.